The topological polar surface area (TPSA) is 16.1 Å². The van der Waals surface area contributed by atoms with Gasteiger partial charge in [-0.25, -0.2) is 4.98 Å². The van der Waals surface area contributed by atoms with E-state index in [-0.39, 0.29) is 0 Å². The molecule has 18 heavy (non-hydrogen) atoms. The van der Waals surface area contributed by atoms with Crippen LogP contribution in [0.1, 0.15) is 45.4 Å². The van der Waals surface area contributed by atoms with Crippen molar-refractivity contribution in [3.05, 3.63) is 10.0 Å². The van der Waals surface area contributed by atoms with Crippen LogP contribution in [0.15, 0.2) is 0 Å². The first-order chi connectivity index (χ1) is 8.53. The molecule has 1 aromatic rings. The molecule has 0 amide bonds. The van der Waals surface area contributed by atoms with Crippen molar-refractivity contribution in [3.8, 4) is 0 Å². The predicted molar refractivity (Wildman–Crippen MR) is 83.2 cm³/mol. The summed E-state index contributed by atoms with van der Waals surface area (Å²) in [6.07, 6.45) is 2.24. The van der Waals surface area contributed by atoms with Crippen LogP contribution in [0, 0.1) is 5.92 Å². The molecule has 0 aromatic carbocycles. The van der Waals surface area contributed by atoms with E-state index in [0.29, 0.717) is 23.0 Å². The van der Waals surface area contributed by atoms with Gasteiger partial charge < -0.3 is 4.90 Å². The molecule has 5 heteroatoms. The molecule has 1 heterocycles. The number of thiazole rings is 1. The van der Waals surface area contributed by atoms with Crippen LogP contribution in [-0.2, 0) is 5.88 Å². The SMILES string of the molecule is CCC(CC)N(CC(C)C)c1nc(Cl)c(CCl)s1. The molecule has 0 unspecified atom stereocenters. The number of nitrogens with zero attached hydrogens (tertiary/aromatic N) is 2. The minimum absolute atomic E-state index is 0.439. The van der Waals surface area contributed by atoms with Gasteiger partial charge in [-0.2, -0.15) is 0 Å². The molecule has 1 rings (SSSR count). The van der Waals surface area contributed by atoms with E-state index < -0.39 is 0 Å². The first-order valence-corrected chi connectivity index (χ1v) is 8.24. The van der Waals surface area contributed by atoms with Crippen molar-refractivity contribution in [3.63, 3.8) is 0 Å². The van der Waals surface area contributed by atoms with E-state index in [1.165, 1.54) is 0 Å². The Hall–Kier alpha value is 0.01000. The summed E-state index contributed by atoms with van der Waals surface area (Å²) in [5.74, 6) is 1.04. The normalized spacial score (nSPS) is 11.6. The first-order valence-electron chi connectivity index (χ1n) is 6.51. The number of hydrogen-bond donors (Lipinski definition) is 0. The molecule has 1 aromatic heterocycles. The fraction of sp³-hybridized carbons (Fsp3) is 0.769. The molecule has 0 N–H and O–H groups in total. The van der Waals surface area contributed by atoms with Gasteiger partial charge in [-0.05, 0) is 18.8 Å². The second kappa shape index (κ2) is 7.56. The third-order valence-electron chi connectivity index (χ3n) is 2.95. The van der Waals surface area contributed by atoms with Gasteiger partial charge in [0, 0.05) is 12.6 Å². The summed E-state index contributed by atoms with van der Waals surface area (Å²) in [5.41, 5.74) is 0. The molecule has 0 aliphatic carbocycles. The van der Waals surface area contributed by atoms with Crippen molar-refractivity contribution in [1.29, 1.82) is 0 Å². The Kier molecular flexibility index (Phi) is 6.75. The minimum Gasteiger partial charge on any atom is -0.345 e. The number of aromatic nitrogens is 1. The predicted octanol–water partition coefficient (Wildman–Crippen LogP) is 5.19. The summed E-state index contributed by atoms with van der Waals surface area (Å²) < 4.78 is 0. The van der Waals surface area contributed by atoms with Crippen molar-refractivity contribution in [1.82, 2.24) is 4.98 Å². The van der Waals surface area contributed by atoms with Crippen LogP contribution in [0.5, 0.6) is 0 Å². The summed E-state index contributed by atoms with van der Waals surface area (Å²) >= 11 is 13.6. The van der Waals surface area contributed by atoms with Gasteiger partial charge in [0.2, 0.25) is 0 Å². The van der Waals surface area contributed by atoms with Gasteiger partial charge >= 0.3 is 0 Å². The molecule has 0 spiro atoms. The molecule has 0 aliphatic heterocycles. The van der Waals surface area contributed by atoms with Crippen LogP contribution >= 0.6 is 34.5 Å². The van der Waals surface area contributed by atoms with E-state index in [4.69, 9.17) is 23.2 Å². The van der Waals surface area contributed by atoms with Crippen LogP contribution in [0.25, 0.3) is 0 Å². The molecular formula is C13H22Cl2N2S. The lowest BCUT2D eigenvalue weighted by atomic mass is 10.1. The zero-order valence-electron chi connectivity index (χ0n) is 11.5. The molecule has 0 radical (unpaired) electrons. The van der Waals surface area contributed by atoms with E-state index in [0.717, 1.165) is 29.4 Å². The van der Waals surface area contributed by atoms with Gasteiger partial charge in [0.1, 0.15) is 5.15 Å². The molecule has 0 aliphatic rings. The molecular weight excluding hydrogens is 287 g/mol. The number of alkyl halides is 1. The van der Waals surface area contributed by atoms with Gasteiger partial charge in [-0.3, -0.25) is 0 Å². The highest BCUT2D eigenvalue weighted by molar-refractivity contribution is 7.16. The van der Waals surface area contributed by atoms with Crippen LogP contribution in [0.3, 0.4) is 0 Å². The molecule has 2 nitrogen and oxygen atoms in total. The lowest BCUT2D eigenvalue weighted by Gasteiger charge is -2.31. The molecule has 104 valence electrons. The minimum atomic E-state index is 0.439. The van der Waals surface area contributed by atoms with Crippen molar-refractivity contribution < 1.29 is 0 Å². The summed E-state index contributed by atoms with van der Waals surface area (Å²) in [5, 5.41) is 1.57. The Labute approximate surface area is 124 Å². The fourth-order valence-corrected chi connectivity index (χ4v) is 3.59. The Morgan fingerprint density at radius 1 is 1.28 bits per heavy atom. The van der Waals surface area contributed by atoms with E-state index in [1.807, 2.05) is 0 Å². The summed E-state index contributed by atoms with van der Waals surface area (Å²) in [7, 11) is 0. The van der Waals surface area contributed by atoms with Crippen molar-refractivity contribution in [2.24, 2.45) is 5.92 Å². The third kappa shape index (κ3) is 4.01. The second-order valence-corrected chi connectivity index (χ2v) is 6.55. The van der Waals surface area contributed by atoms with Gasteiger partial charge in [0.25, 0.3) is 0 Å². The molecule has 0 saturated heterocycles. The highest BCUT2D eigenvalue weighted by Crippen LogP contribution is 2.33. The standard InChI is InChI=1S/C13H22Cl2N2S/c1-5-10(6-2)17(8-9(3)4)13-16-12(15)11(7-14)18-13/h9-10H,5-8H2,1-4H3. The number of halogens is 2. The fourth-order valence-electron chi connectivity index (χ4n) is 2.03. The smallest absolute Gasteiger partial charge is 0.187 e. The Morgan fingerprint density at radius 3 is 2.28 bits per heavy atom. The number of rotatable bonds is 7. The monoisotopic (exact) mass is 308 g/mol. The van der Waals surface area contributed by atoms with Crippen LogP contribution in [-0.4, -0.2) is 17.6 Å². The zero-order chi connectivity index (χ0) is 13.7. The van der Waals surface area contributed by atoms with Gasteiger partial charge in [0.15, 0.2) is 5.13 Å². The maximum absolute atomic E-state index is 6.10. The quantitative estimate of drug-likeness (QED) is 0.645. The van der Waals surface area contributed by atoms with E-state index in [2.05, 4.69) is 37.6 Å². The first kappa shape index (κ1) is 16.1. The number of hydrogen-bond acceptors (Lipinski definition) is 3. The summed E-state index contributed by atoms with van der Waals surface area (Å²) in [4.78, 5) is 7.83. The Morgan fingerprint density at radius 2 is 1.89 bits per heavy atom. The third-order valence-corrected chi connectivity index (χ3v) is 4.89. The van der Waals surface area contributed by atoms with Crippen LogP contribution in [0.2, 0.25) is 5.15 Å². The maximum Gasteiger partial charge on any atom is 0.187 e. The van der Waals surface area contributed by atoms with Crippen molar-refractivity contribution in [2.45, 2.75) is 52.5 Å². The van der Waals surface area contributed by atoms with Crippen LogP contribution in [0.4, 0.5) is 5.13 Å². The van der Waals surface area contributed by atoms with E-state index >= 15 is 0 Å². The Balaban J connectivity index is 3.00. The molecule has 0 bridgehead atoms. The highest BCUT2D eigenvalue weighted by Gasteiger charge is 2.21. The van der Waals surface area contributed by atoms with Crippen molar-refractivity contribution in [2.75, 3.05) is 11.4 Å². The molecule has 0 fully saturated rings. The van der Waals surface area contributed by atoms with Gasteiger partial charge in [0.05, 0.1) is 10.8 Å². The lowest BCUT2D eigenvalue weighted by Crippen LogP contribution is -2.37. The van der Waals surface area contributed by atoms with Crippen molar-refractivity contribution >= 4 is 39.7 Å². The Bertz CT molecular complexity index is 362. The lowest BCUT2D eigenvalue weighted by molar-refractivity contribution is 0.507. The molecule has 0 atom stereocenters. The summed E-state index contributed by atoms with van der Waals surface area (Å²) in [6.45, 7) is 9.91. The average molecular weight is 309 g/mol. The van der Waals surface area contributed by atoms with Crippen LogP contribution < -0.4 is 4.90 Å². The maximum atomic E-state index is 6.10. The largest absolute Gasteiger partial charge is 0.345 e. The zero-order valence-corrected chi connectivity index (χ0v) is 13.9. The van der Waals surface area contributed by atoms with E-state index in [1.54, 1.807) is 11.3 Å². The highest BCUT2D eigenvalue weighted by atomic mass is 35.5. The molecule has 0 saturated carbocycles. The average Bonchev–Trinajstić information content (AvgIpc) is 2.70. The number of anilines is 1. The second-order valence-electron chi connectivity index (χ2n) is 4.86. The van der Waals surface area contributed by atoms with Gasteiger partial charge in [-0.1, -0.05) is 50.6 Å². The van der Waals surface area contributed by atoms with Gasteiger partial charge in [-0.15, -0.1) is 11.6 Å². The van der Waals surface area contributed by atoms with E-state index in [9.17, 15) is 0 Å². The summed E-state index contributed by atoms with van der Waals surface area (Å²) in [6, 6.07) is 0.526.